The molecule has 0 N–H and O–H groups in total. The van der Waals surface area contributed by atoms with Crippen LogP contribution in [0.3, 0.4) is 0 Å². The van der Waals surface area contributed by atoms with Gasteiger partial charge in [-0.2, -0.15) is 0 Å². The van der Waals surface area contributed by atoms with Crippen molar-refractivity contribution in [2.75, 3.05) is 7.11 Å². The summed E-state index contributed by atoms with van der Waals surface area (Å²) in [7, 11) is 1.38. The maximum absolute atomic E-state index is 11.5. The van der Waals surface area contributed by atoms with Crippen LogP contribution >= 0.6 is 0 Å². The molecular formula is C11H12N2O2. The van der Waals surface area contributed by atoms with Gasteiger partial charge in [0.15, 0.2) is 0 Å². The molecular weight excluding hydrogens is 192 g/mol. The average molecular weight is 204 g/mol. The summed E-state index contributed by atoms with van der Waals surface area (Å²) in [6.07, 6.45) is 1.73. The number of methoxy groups -OCH3 is 1. The Morgan fingerprint density at radius 1 is 1.53 bits per heavy atom. The number of hydrogen-bond donors (Lipinski definition) is 0. The number of rotatable bonds is 2. The predicted molar refractivity (Wildman–Crippen MR) is 56.7 cm³/mol. The monoisotopic (exact) mass is 204 g/mol. The van der Waals surface area contributed by atoms with Crippen molar-refractivity contribution in [2.24, 2.45) is 0 Å². The van der Waals surface area contributed by atoms with E-state index in [0.29, 0.717) is 5.56 Å². The maximum Gasteiger partial charge on any atom is 0.340 e. The van der Waals surface area contributed by atoms with Crippen LogP contribution in [-0.4, -0.2) is 22.6 Å². The second-order valence-corrected chi connectivity index (χ2v) is 3.20. The Balaban J connectivity index is 2.72. The molecule has 0 saturated heterocycles. The summed E-state index contributed by atoms with van der Waals surface area (Å²) in [4.78, 5) is 15.8. The van der Waals surface area contributed by atoms with E-state index in [2.05, 4.69) is 4.98 Å². The Hall–Kier alpha value is -1.84. The molecule has 0 aliphatic heterocycles. The third-order valence-corrected chi connectivity index (χ3v) is 2.38. The highest BCUT2D eigenvalue weighted by Crippen LogP contribution is 2.18. The lowest BCUT2D eigenvalue weighted by Crippen LogP contribution is -2.04. The smallest absolute Gasteiger partial charge is 0.340 e. The van der Waals surface area contributed by atoms with Gasteiger partial charge in [0.1, 0.15) is 0 Å². The van der Waals surface area contributed by atoms with E-state index >= 15 is 0 Å². The lowest BCUT2D eigenvalue weighted by Gasteiger charge is -2.04. The number of carbonyl (C=O) groups is 1. The van der Waals surface area contributed by atoms with Crippen molar-refractivity contribution >= 4 is 17.0 Å². The standard InChI is InChI=1S/C11H12N2O2/c1-3-13-7-12-9-6-4-5-8(10(9)13)11(14)15-2/h4-7H,3H2,1-2H3. The Bertz CT molecular complexity index is 502. The van der Waals surface area contributed by atoms with Crippen molar-refractivity contribution in [3.8, 4) is 0 Å². The van der Waals surface area contributed by atoms with E-state index < -0.39 is 0 Å². The summed E-state index contributed by atoms with van der Waals surface area (Å²) in [5.74, 6) is -0.323. The fourth-order valence-corrected chi connectivity index (χ4v) is 1.64. The number of para-hydroxylation sites is 1. The molecule has 1 heterocycles. The van der Waals surface area contributed by atoms with E-state index in [1.54, 1.807) is 12.4 Å². The highest BCUT2D eigenvalue weighted by atomic mass is 16.5. The van der Waals surface area contributed by atoms with E-state index in [0.717, 1.165) is 17.6 Å². The molecule has 0 bridgehead atoms. The number of aromatic nitrogens is 2. The minimum Gasteiger partial charge on any atom is -0.465 e. The topological polar surface area (TPSA) is 44.1 Å². The fourth-order valence-electron chi connectivity index (χ4n) is 1.64. The van der Waals surface area contributed by atoms with Gasteiger partial charge >= 0.3 is 5.97 Å². The van der Waals surface area contributed by atoms with Crippen LogP contribution in [-0.2, 0) is 11.3 Å². The van der Waals surface area contributed by atoms with Crippen LogP contribution in [0.25, 0.3) is 11.0 Å². The van der Waals surface area contributed by atoms with Gasteiger partial charge in [-0.05, 0) is 19.1 Å². The first kappa shape index (κ1) is 9.71. The molecule has 0 fully saturated rings. The number of fused-ring (bicyclic) bond motifs is 1. The number of carbonyl (C=O) groups excluding carboxylic acids is 1. The molecule has 0 amide bonds. The van der Waals surface area contributed by atoms with Gasteiger partial charge in [0.05, 0.1) is 30.0 Å². The highest BCUT2D eigenvalue weighted by Gasteiger charge is 2.13. The molecule has 0 aliphatic rings. The lowest BCUT2D eigenvalue weighted by molar-refractivity contribution is 0.0602. The molecule has 15 heavy (non-hydrogen) atoms. The number of imidazole rings is 1. The first-order chi connectivity index (χ1) is 7.27. The summed E-state index contributed by atoms with van der Waals surface area (Å²) < 4.78 is 6.67. The Morgan fingerprint density at radius 2 is 2.33 bits per heavy atom. The second-order valence-electron chi connectivity index (χ2n) is 3.20. The van der Waals surface area contributed by atoms with Gasteiger partial charge < -0.3 is 9.30 Å². The highest BCUT2D eigenvalue weighted by molar-refractivity contribution is 6.02. The first-order valence-electron chi connectivity index (χ1n) is 4.80. The summed E-state index contributed by atoms with van der Waals surface area (Å²) in [6, 6.07) is 5.44. The van der Waals surface area contributed by atoms with Gasteiger partial charge in [-0.15, -0.1) is 0 Å². The van der Waals surface area contributed by atoms with Crippen molar-refractivity contribution in [3.63, 3.8) is 0 Å². The number of nitrogens with zero attached hydrogens (tertiary/aromatic N) is 2. The number of esters is 1. The summed E-state index contributed by atoms with van der Waals surface area (Å²) in [6.45, 7) is 2.79. The lowest BCUT2D eigenvalue weighted by atomic mass is 10.2. The Morgan fingerprint density at radius 3 is 3.00 bits per heavy atom. The zero-order valence-corrected chi connectivity index (χ0v) is 8.73. The predicted octanol–water partition coefficient (Wildman–Crippen LogP) is 1.84. The first-order valence-corrected chi connectivity index (χ1v) is 4.80. The number of aryl methyl sites for hydroxylation is 1. The Labute approximate surface area is 87.5 Å². The molecule has 4 heteroatoms. The fraction of sp³-hybridized carbons (Fsp3) is 0.273. The molecule has 0 radical (unpaired) electrons. The summed E-state index contributed by atoms with van der Waals surface area (Å²) >= 11 is 0. The van der Waals surface area contributed by atoms with Crippen LogP contribution in [0.2, 0.25) is 0 Å². The van der Waals surface area contributed by atoms with Crippen molar-refractivity contribution in [1.29, 1.82) is 0 Å². The van der Waals surface area contributed by atoms with Crippen LogP contribution in [0, 0.1) is 0 Å². The number of benzene rings is 1. The van der Waals surface area contributed by atoms with Gasteiger partial charge in [-0.1, -0.05) is 6.07 Å². The van der Waals surface area contributed by atoms with E-state index in [9.17, 15) is 4.79 Å². The van der Waals surface area contributed by atoms with Crippen LogP contribution in [0.15, 0.2) is 24.5 Å². The number of ether oxygens (including phenoxy) is 1. The van der Waals surface area contributed by atoms with Gasteiger partial charge in [0.2, 0.25) is 0 Å². The molecule has 2 aromatic rings. The largest absolute Gasteiger partial charge is 0.465 e. The normalized spacial score (nSPS) is 10.5. The SMILES string of the molecule is CCn1cnc2cccc(C(=O)OC)c21. The molecule has 2 rings (SSSR count). The minimum absolute atomic E-state index is 0.323. The quantitative estimate of drug-likeness (QED) is 0.701. The molecule has 0 spiro atoms. The molecule has 1 aromatic heterocycles. The van der Waals surface area contributed by atoms with Crippen LogP contribution in [0.1, 0.15) is 17.3 Å². The molecule has 4 nitrogen and oxygen atoms in total. The van der Waals surface area contributed by atoms with Crippen molar-refractivity contribution in [3.05, 3.63) is 30.1 Å². The maximum atomic E-state index is 11.5. The molecule has 0 saturated carbocycles. The van der Waals surface area contributed by atoms with Crippen LogP contribution in [0.5, 0.6) is 0 Å². The molecule has 0 aliphatic carbocycles. The number of hydrogen-bond acceptors (Lipinski definition) is 3. The van der Waals surface area contributed by atoms with E-state index in [1.165, 1.54) is 7.11 Å². The van der Waals surface area contributed by atoms with Crippen LogP contribution in [0.4, 0.5) is 0 Å². The zero-order chi connectivity index (χ0) is 10.8. The third kappa shape index (κ3) is 1.48. The van der Waals surface area contributed by atoms with Gasteiger partial charge in [0.25, 0.3) is 0 Å². The van der Waals surface area contributed by atoms with Crippen molar-refractivity contribution in [2.45, 2.75) is 13.5 Å². The van der Waals surface area contributed by atoms with Gasteiger partial charge in [0, 0.05) is 6.54 Å². The summed E-state index contributed by atoms with van der Waals surface area (Å²) in [5.41, 5.74) is 2.22. The van der Waals surface area contributed by atoms with E-state index in [4.69, 9.17) is 4.74 Å². The molecule has 78 valence electrons. The summed E-state index contributed by atoms with van der Waals surface area (Å²) in [5, 5.41) is 0. The van der Waals surface area contributed by atoms with Gasteiger partial charge in [-0.3, -0.25) is 0 Å². The average Bonchev–Trinajstić information content (AvgIpc) is 2.70. The van der Waals surface area contributed by atoms with E-state index in [1.807, 2.05) is 23.6 Å². The van der Waals surface area contributed by atoms with Gasteiger partial charge in [-0.25, -0.2) is 9.78 Å². The van der Waals surface area contributed by atoms with Crippen molar-refractivity contribution < 1.29 is 9.53 Å². The van der Waals surface area contributed by atoms with E-state index in [-0.39, 0.29) is 5.97 Å². The Kier molecular flexibility index (Phi) is 2.41. The third-order valence-electron chi connectivity index (χ3n) is 2.38. The second kappa shape index (κ2) is 3.73. The van der Waals surface area contributed by atoms with Crippen molar-refractivity contribution in [1.82, 2.24) is 9.55 Å². The molecule has 0 unspecified atom stereocenters. The minimum atomic E-state index is -0.323. The van der Waals surface area contributed by atoms with Crippen LogP contribution < -0.4 is 0 Å². The molecule has 0 atom stereocenters. The zero-order valence-electron chi connectivity index (χ0n) is 8.73. The molecule has 1 aromatic carbocycles.